The fourth-order valence-corrected chi connectivity index (χ4v) is 2.58. The maximum absolute atomic E-state index is 12.5. The molecule has 1 aromatic carbocycles. The molecule has 0 spiro atoms. The van der Waals surface area contributed by atoms with Gasteiger partial charge in [0, 0.05) is 13.0 Å². The average Bonchev–Trinajstić information content (AvgIpc) is 3.08. The van der Waals surface area contributed by atoms with E-state index in [-0.39, 0.29) is 18.9 Å². The Morgan fingerprint density at radius 1 is 1.22 bits per heavy atom. The lowest BCUT2D eigenvalue weighted by atomic mass is 10.1. The van der Waals surface area contributed by atoms with Gasteiger partial charge in [0.05, 0.1) is 18.5 Å². The Kier molecular flexibility index (Phi) is 4.06. The van der Waals surface area contributed by atoms with Gasteiger partial charge in [-0.1, -0.05) is 12.1 Å². The van der Waals surface area contributed by atoms with Crippen LogP contribution in [-0.4, -0.2) is 20.7 Å². The summed E-state index contributed by atoms with van der Waals surface area (Å²) in [6, 6.07) is 4.59. The van der Waals surface area contributed by atoms with Gasteiger partial charge in [-0.3, -0.25) is 4.79 Å². The SMILES string of the molecule is O=C(Cc1ccc(C(F)(F)F)cc1)NCc1nnc2n1CCC2. The van der Waals surface area contributed by atoms with Crippen LogP contribution < -0.4 is 5.32 Å². The highest BCUT2D eigenvalue weighted by molar-refractivity contribution is 5.78. The first-order chi connectivity index (χ1) is 10.9. The first-order valence-electron chi connectivity index (χ1n) is 7.27. The minimum atomic E-state index is -4.37. The molecule has 1 aromatic heterocycles. The molecule has 2 aromatic rings. The molecule has 0 atom stereocenters. The van der Waals surface area contributed by atoms with Crippen LogP contribution in [0.4, 0.5) is 13.2 Å². The first-order valence-corrected chi connectivity index (χ1v) is 7.27. The lowest BCUT2D eigenvalue weighted by molar-refractivity contribution is -0.137. The number of benzene rings is 1. The molecule has 0 fully saturated rings. The maximum Gasteiger partial charge on any atom is 0.416 e. The van der Waals surface area contributed by atoms with Gasteiger partial charge in [-0.2, -0.15) is 13.2 Å². The molecule has 3 rings (SSSR count). The van der Waals surface area contributed by atoms with Crippen molar-refractivity contribution in [3.8, 4) is 0 Å². The third-order valence-corrected chi connectivity index (χ3v) is 3.78. The molecule has 2 heterocycles. The number of hydrogen-bond acceptors (Lipinski definition) is 3. The lowest BCUT2D eigenvalue weighted by Gasteiger charge is -2.08. The second-order valence-corrected chi connectivity index (χ2v) is 5.44. The fraction of sp³-hybridized carbons (Fsp3) is 0.400. The maximum atomic E-state index is 12.5. The summed E-state index contributed by atoms with van der Waals surface area (Å²) in [7, 11) is 0. The molecule has 23 heavy (non-hydrogen) atoms. The highest BCUT2D eigenvalue weighted by Gasteiger charge is 2.30. The Balaban J connectivity index is 1.55. The number of nitrogens with one attached hydrogen (secondary N) is 1. The number of fused-ring (bicyclic) bond motifs is 1. The Morgan fingerprint density at radius 3 is 2.65 bits per heavy atom. The van der Waals surface area contributed by atoms with E-state index in [1.165, 1.54) is 12.1 Å². The highest BCUT2D eigenvalue weighted by Crippen LogP contribution is 2.29. The molecule has 0 aliphatic carbocycles. The number of aromatic nitrogens is 3. The quantitative estimate of drug-likeness (QED) is 0.937. The van der Waals surface area contributed by atoms with Crippen molar-refractivity contribution in [3.05, 3.63) is 47.0 Å². The van der Waals surface area contributed by atoms with Crippen molar-refractivity contribution < 1.29 is 18.0 Å². The molecule has 0 bridgehead atoms. The summed E-state index contributed by atoms with van der Waals surface area (Å²) in [5.41, 5.74) is -0.192. The zero-order chi connectivity index (χ0) is 16.4. The molecule has 0 saturated heterocycles. The first kappa shape index (κ1) is 15.5. The third-order valence-electron chi connectivity index (χ3n) is 3.78. The number of nitrogens with zero attached hydrogens (tertiary/aromatic N) is 3. The molecule has 1 aliphatic heterocycles. The fourth-order valence-electron chi connectivity index (χ4n) is 2.58. The van der Waals surface area contributed by atoms with Gasteiger partial charge in [0.2, 0.25) is 5.91 Å². The third kappa shape index (κ3) is 3.52. The van der Waals surface area contributed by atoms with Crippen molar-refractivity contribution in [1.29, 1.82) is 0 Å². The van der Waals surface area contributed by atoms with Crippen molar-refractivity contribution >= 4 is 5.91 Å². The summed E-state index contributed by atoms with van der Waals surface area (Å²) in [6.45, 7) is 1.12. The van der Waals surface area contributed by atoms with Gasteiger partial charge in [0.25, 0.3) is 0 Å². The van der Waals surface area contributed by atoms with Crippen molar-refractivity contribution in [2.24, 2.45) is 0 Å². The number of carbonyl (C=O) groups excluding carboxylic acids is 1. The van der Waals surface area contributed by atoms with E-state index in [9.17, 15) is 18.0 Å². The number of carbonyl (C=O) groups is 1. The summed E-state index contributed by atoms with van der Waals surface area (Å²) < 4.78 is 39.4. The topological polar surface area (TPSA) is 59.8 Å². The minimum Gasteiger partial charge on any atom is -0.349 e. The van der Waals surface area contributed by atoms with Crippen LogP contribution in [0.25, 0.3) is 0 Å². The Hall–Kier alpha value is -2.38. The minimum absolute atomic E-state index is 0.0269. The van der Waals surface area contributed by atoms with Crippen LogP contribution in [0, 0.1) is 0 Å². The largest absolute Gasteiger partial charge is 0.416 e. The van der Waals surface area contributed by atoms with Crippen molar-refractivity contribution in [2.45, 2.75) is 38.5 Å². The highest BCUT2D eigenvalue weighted by atomic mass is 19.4. The van der Waals surface area contributed by atoms with E-state index in [4.69, 9.17) is 0 Å². The van der Waals surface area contributed by atoms with E-state index in [1.54, 1.807) is 0 Å². The van der Waals surface area contributed by atoms with Crippen molar-refractivity contribution in [3.63, 3.8) is 0 Å². The normalized spacial score (nSPS) is 13.9. The molecular weight excluding hydrogens is 309 g/mol. The van der Waals surface area contributed by atoms with Gasteiger partial charge < -0.3 is 9.88 Å². The van der Waals surface area contributed by atoms with E-state index in [0.717, 1.165) is 37.3 Å². The summed E-state index contributed by atoms with van der Waals surface area (Å²) in [4.78, 5) is 11.9. The molecule has 0 saturated carbocycles. The Labute approximate surface area is 130 Å². The van der Waals surface area contributed by atoms with Gasteiger partial charge in [-0.05, 0) is 24.1 Å². The van der Waals surface area contributed by atoms with E-state index in [0.29, 0.717) is 11.4 Å². The predicted molar refractivity (Wildman–Crippen MR) is 75.3 cm³/mol. The zero-order valence-electron chi connectivity index (χ0n) is 12.2. The van der Waals surface area contributed by atoms with Gasteiger partial charge in [-0.25, -0.2) is 0 Å². The summed E-state index contributed by atoms with van der Waals surface area (Å²) >= 11 is 0. The summed E-state index contributed by atoms with van der Waals surface area (Å²) in [5, 5.41) is 10.8. The van der Waals surface area contributed by atoms with Crippen LogP contribution in [0.5, 0.6) is 0 Å². The van der Waals surface area contributed by atoms with Gasteiger partial charge in [0.15, 0.2) is 5.82 Å². The predicted octanol–water partition coefficient (Wildman–Crippen LogP) is 2.10. The number of alkyl halides is 3. The van der Waals surface area contributed by atoms with Crippen molar-refractivity contribution in [1.82, 2.24) is 20.1 Å². The molecular formula is C15H15F3N4O. The van der Waals surface area contributed by atoms with Gasteiger partial charge in [0.1, 0.15) is 5.82 Å². The van der Waals surface area contributed by atoms with Crippen LogP contribution in [0.15, 0.2) is 24.3 Å². The molecule has 1 N–H and O–H groups in total. The number of amides is 1. The molecule has 1 aliphatic rings. The van der Waals surface area contributed by atoms with Crippen LogP contribution >= 0.6 is 0 Å². The van der Waals surface area contributed by atoms with Crippen molar-refractivity contribution in [2.75, 3.05) is 0 Å². The molecule has 0 radical (unpaired) electrons. The van der Waals surface area contributed by atoms with Crippen LogP contribution in [-0.2, 0) is 36.9 Å². The van der Waals surface area contributed by atoms with E-state index in [2.05, 4.69) is 15.5 Å². The average molecular weight is 324 g/mol. The second-order valence-electron chi connectivity index (χ2n) is 5.44. The number of rotatable bonds is 4. The smallest absolute Gasteiger partial charge is 0.349 e. The number of halogens is 3. The van der Waals surface area contributed by atoms with Crippen LogP contribution in [0.2, 0.25) is 0 Å². The van der Waals surface area contributed by atoms with Crippen LogP contribution in [0.1, 0.15) is 29.2 Å². The molecule has 8 heteroatoms. The van der Waals surface area contributed by atoms with E-state index >= 15 is 0 Å². The van der Waals surface area contributed by atoms with E-state index < -0.39 is 11.7 Å². The zero-order valence-corrected chi connectivity index (χ0v) is 12.2. The Bertz CT molecular complexity index is 707. The number of aryl methyl sites for hydroxylation is 1. The van der Waals surface area contributed by atoms with Gasteiger partial charge in [-0.15, -0.1) is 10.2 Å². The lowest BCUT2D eigenvalue weighted by Crippen LogP contribution is -2.26. The van der Waals surface area contributed by atoms with Crippen LogP contribution in [0.3, 0.4) is 0 Å². The summed E-state index contributed by atoms with van der Waals surface area (Å²) in [5.74, 6) is 1.37. The summed E-state index contributed by atoms with van der Waals surface area (Å²) in [6.07, 6.45) is -2.42. The molecule has 1 amide bonds. The van der Waals surface area contributed by atoms with E-state index in [1.807, 2.05) is 4.57 Å². The standard InChI is InChI=1S/C15H15F3N4O/c16-15(17,18)11-5-3-10(4-6-11)8-14(23)19-9-13-21-20-12-2-1-7-22(12)13/h3-6H,1-2,7-9H2,(H,19,23). The molecule has 5 nitrogen and oxygen atoms in total. The molecule has 0 unspecified atom stereocenters. The monoisotopic (exact) mass is 324 g/mol. The number of hydrogen-bond donors (Lipinski definition) is 1. The molecule has 122 valence electrons. The Morgan fingerprint density at radius 2 is 1.96 bits per heavy atom. The van der Waals surface area contributed by atoms with Gasteiger partial charge >= 0.3 is 6.18 Å². The second kappa shape index (κ2) is 6.02.